The highest BCUT2D eigenvalue weighted by molar-refractivity contribution is 5.09. The summed E-state index contributed by atoms with van der Waals surface area (Å²) in [6, 6.07) is 0. The Morgan fingerprint density at radius 1 is 0.767 bits per heavy atom. The molecule has 0 bridgehead atoms. The third-order valence-electron chi connectivity index (χ3n) is 12.1. The van der Waals surface area contributed by atoms with Gasteiger partial charge in [-0.2, -0.15) is 0 Å². The van der Waals surface area contributed by atoms with E-state index in [0.717, 1.165) is 41.4 Å². The molecule has 1 N–H and O–H groups in total. The zero-order chi connectivity index (χ0) is 21.7. The molecular formula is C29H52O. The maximum atomic E-state index is 9.51. The fraction of sp³-hybridized carbons (Fsp3) is 1.00. The van der Waals surface area contributed by atoms with Gasteiger partial charge in [0.25, 0.3) is 0 Å². The normalized spacial score (nSPS) is 48.9. The molecule has 0 radical (unpaired) electrons. The molecule has 0 aromatic rings. The van der Waals surface area contributed by atoms with E-state index in [1.165, 1.54) is 64.2 Å². The Balaban J connectivity index is 1.45. The number of aliphatic hydroxyl groups excluding tert-OH is 1. The predicted octanol–water partition coefficient (Wildman–Crippen LogP) is 7.96. The minimum Gasteiger partial charge on any atom is -0.396 e. The largest absolute Gasteiger partial charge is 0.396 e. The average Bonchev–Trinajstić information content (AvgIpc) is 3.08. The molecule has 0 heterocycles. The Kier molecular flexibility index (Phi) is 6.72. The number of hydrogen-bond acceptors (Lipinski definition) is 1. The highest BCUT2D eigenvalue weighted by Crippen LogP contribution is 2.68. The summed E-state index contributed by atoms with van der Waals surface area (Å²) in [5.41, 5.74) is 1.26. The van der Waals surface area contributed by atoms with Gasteiger partial charge in [-0.1, -0.05) is 67.2 Å². The predicted molar refractivity (Wildman–Crippen MR) is 128 cm³/mol. The summed E-state index contributed by atoms with van der Waals surface area (Å²) in [7, 11) is 0. The summed E-state index contributed by atoms with van der Waals surface area (Å²) in [6.07, 6.45) is 16.3. The minimum atomic E-state index is 0.347. The summed E-state index contributed by atoms with van der Waals surface area (Å²) < 4.78 is 0. The van der Waals surface area contributed by atoms with E-state index in [0.29, 0.717) is 29.3 Å². The zero-order valence-electron chi connectivity index (χ0n) is 21.1. The Morgan fingerprint density at radius 3 is 2.20 bits per heavy atom. The van der Waals surface area contributed by atoms with E-state index >= 15 is 0 Å². The molecule has 11 atom stereocenters. The first-order valence-corrected chi connectivity index (χ1v) is 13.8. The molecule has 0 spiro atoms. The Hall–Kier alpha value is -0.0400. The minimum absolute atomic E-state index is 0.347. The lowest BCUT2D eigenvalue weighted by atomic mass is 9.43. The molecule has 30 heavy (non-hydrogen) atoms. The summed E-state index contributed by atoms with van der Waals surface area (Å²) in [6.45, 7) is 15.5. The van der Waals surface area contributed by atoms with E-state index in [9.17, 15) is 5.11 Å². The number of aliphatic hydroxyl groups is 1. The number of rotatable bonds is 6. The molecule has 4 saturated carbocycles. The van der Waals surface area contributed by atoms with Gasteiger partial charge >= 0.3 is 0 Å². The first-order chi connectivity index (χ1) is 14.2. The van der Waals surface area contributed by atoms with E-state index in [-0.39, 0.29) is 0 Å². The van der Waals surface area contributed by atoms with Crippen molar-refractivity contribution in [1.29, 1.82) is 0 Å². The van der Waals surface area contributed by atoms with Crippen LogP contribution < -0.4 is 0 Å². The highest BCUT2D eigenvalue weighted by atomic mass is 16.3. The molecule has 174 valence electrons. The van der Waals surface area contributed by atoms with Crippen molar-refractivity contribution in [3.05, 3.63) is 0 Å². The first kappa shape index (κ1) is 23.1. The Labute approximate surface area is 188 Å². The summed E-state index contributed by atoms with van der Waals surface area (Å²) in [4.78, 5) is 0. The molecule has 1 heteroatoms. The number of hydrogen-bond donors (Lipinski definition) is 1. The van der Waals surface area contributed by atoms with Crippen LogP contribution in [0.3, 0.4) is 0 Å². The van der Waals surface area contributed by atoms with Crippen LogP contribution in [0.5, 0.6) is 0 Å². The average molecular weight is 417 g/mol. The van der Waals surface area contributed by atoms with E-state index in [1.807, 2.05) is 0 Å². The van der Waals surface area contributed by atoms with Gasteiger partial charge in [0, 0.05) is 6.61 Å². The Bertz CT molecular complexity index is 585. The van der Waals surface area contributed by atoms with Crippen molar-refractivity contribution in [3.63, 3.8) is 0 Å². The van der Waals surface area contributed by atoms with Crippen LogP contribution in [-0.2, 0) is 0 Å². The van der Waals surface area contributed by atoms with Gasteiger partial charge in [-0.15, -0.1) is 0 Å². The SMILES string of the molecule is CC(CO)[C@@H](C)CC[C@@H](C)[C@H]1CC[C@H]2[C@@H]3CCC4[C@H](C)CCC[C@]4(C)[C@H]3CC[C@]12C. The lowest BCUT2D eigenvalue weighted by Gasteiger charge is -2.62. The summed E-state index contributed by atoms with van der Waals surface area (Å²) in [5.74, 6) is 7.95. The Morgan fingerprint density at radius 2 is 1.47 bits per heavy atom. The molecule has 4 aliphatic carbocycles. The van der Waals surface area contributed by atoms with Crippen molar-refractivity contribution in [2.45, 2.75) is 112 Å². The smallest absolute Gasteiger partial charge is 0.0459 e. The second-order valence-electron chi connectivity index (χ2n) is 13.4. The van der Waals surface area contributed by atoms with E-state index in [2.05, 4.69) is 41.5 Å². The maximum Gasteiger partial charge on any atom is 0.0459 e. The van der Waals surface area contributed by atoms with Crippen LogP contribution in [0.1, 0.15) is 112 Å². The van der Waals surface area contributed by atoms with Gasteiger partial charge in [0.2, 0.25) is 0 Å². The van der Waals surface area contributed by atoms with Crippen LogP contribution in [0.15, 0.2) is 0 Å². The van der Waals surface area contributed by atoms with Crippen molar-refractivity contribution in [2.24, 2.45) is 64.1 Å². The van der Waals surface area contributed by atoms with Gasteiger partial charge in [-0.05, 0) is 109 Å². The van der Waals surface area contributed by atoms with Gasteiger partial charge < -0.3 is 5.11 Å². The standard InChI is InChI=1S/C29H52O/c1-19(22(4)18-30)9-10-21(3)25-13-14-26-23-11-12-24-20(2)8-7-16-28(24,5)27(23)15-17-29(25,26)6/h19-27,30H,7-18H2,1-6H3/t19-,20+,21+,22?,23-,24?,25+,26-,27-,28-,29+/m0/s1. The van der Waals surface area contributed by atoms with E-state index < -0.39 is 0 Å². The molecule has 2 unspecified atom stereocenters. The van der Waals surface area contributed by atoms with Crippen molar-refractivity contribution < 1.29 is 5.11 Å². The van der Waals surface area contributed by atoms with Crippen LogP contribution in [0, 0.1) is 64.1 Å². The molecule has 4 fully saturated rings. The fourth-order valence-corrected chi connectivity index (χ4v) is 9.96. The fourth-order valence-electron chi connectivity index (χ4n) is 9.96. The quantitative estimate of drug-likeness (QED) is 0.465. The molecule has 0 saturated heterocycles. The first-order valence-electron chi connectivity index (χ1n) is 13.8. The monoisotopic (exact) mass is 416 g/mol. The van der Waals surface area contributed by atoms with Crippen molar-refractivity contribution in [3.8, 4) is 0 Å². The van der Waals surface area contributed by atoms with Crippen LogP contribution >= 0.6 is 0 Å². The topological polar surface area (TPSA) is 20.2 Å². The van der Waals surface area contributed by atoms with Gasteiger partial charge in [0.15, 0.2) is 0 Å². The van der Waals surface area contributed by atoms with Gasteiger partial charge in [-0.3, -0.25) is 0 Å². The molecule has 0 aliphatic heterocycles. The van der Waals surface area contributed by atoms with Gasteiger partial charge in [-0.25, -0.2) is 0 Å². The van der Waals surface area contributed by atoms with Gasteiger partial charge in [0.1, 0.15) is 0 Å². The summed E-state index contributed by atoms with van der Waals surface area (Å²) in [5, 5.41) is 9.51. The van der Waals surface area contributed by atoms with Gasteiger partial charge in [0.05, 0.1) is 0 Å². The van der Waals surface area contributed by atoms with Crippen LogP contribution in [0.4, 0.5) is 0 Å². The second kappa shape index (κ2) is 8.72. The number of fused-ring (bicyclic) bond motifs is 5. The van der Waals surface area contributed by atoms with Crippen LogP contribution in [-0.4, -0.2) is 11.7 Å². The van der Waals surface area contributed by atoms with Crippen molar-refractivity contribution in [1.82, 2.24) is 0 Å². The molecule has 0 amide bonds. The molecule has 0 aromatic heterocycles. The molecule has 0 aromatic carbocycles. The lowest BCUT2D eigenvalue weighted by molar-refractivity contribution is -0.127. The third kappa shape index (κ3) is 3.72. The van der Waals surface area contributed by atoms with Crippen molar-refractivity contribution in [2.75, 3.05) is 6.61 Å². The van der Waals surface area contributed by atoms with Crippen LogP contribution in [0.25, 0.3) is 0 Å². The molecular weight excluding hydrogens is 364 g/mol. The molecule has 4 aliphatic rings. The second-order valence-corrected chi connectivity index (χ2v) is 13.4. The maximum absolute atomic E-state index is 9.51. The zero-order valence-corrected chi connectivity index (χ0v) is 21.1. The van der Waals surface area contributed by atoms with E-state index in [1.54, 1.807) is 6.42 Å². The molecule has 1 nitrogen and oxygen atoms in total. The third-order valence-corrected chi connectivity index (χ3v) is 12.1. The van der Waals surface area contributed by atoms with E-state index in [4.69, 9.17) is 0 Å². The highest BCUT2D eigenvalue weighted by Gasteiger charge is 2.60. The molecule has 4 rings (SSSR count). The van der Waals surface area contributed by atoms with Crippen molar-refractivity contribution >= 4 is 0 Å². The summed E-state index contributed by atoms with van der Waals surface area (Å²) >= 11 is 0. The lowest BCUT2D eigenvalue weighted by Crippen LogP contribution is -2.54. The van der Waals surface area contributed by atoms with Crippen LogP contribution in [0.2, 0.25) is 0 Å².